The molecule has 1 aromatic rings. The molecule has 1 atom stereocenters. The standard InChI is InChI=1S/C14H19N3O2/c1-11(17-9-8-15-13(18)10-17)14(19)16(2)12-6-4-3-5-7-12/h3-7,11H,8-10H2,1-2H3,(H,15,18)/t11-/m1/s1. The molecule has 1 heterocycles. The summed E-state index contributed by atoms with van der Waals surface area (Å²) in [6.07, 6.45) is 0. The summed E-state index contributed by atoms with van der Waals surface area (Å²) in [7, 11) is 1.76. The fraction of sp³-hybridized carbons (Fsp3) is 0.429. The van der Waals surface area contributed by atoms with E-state index in [1.165, 1.54) is 0 Å². The van der Waals surface area contributed by atoms with Crippen molar-refractivity contribution in [2.75, 3.05) is 31.6 Å². The number of carbonyl (C=O) groups is 2. The molecule has 1 aliphatic heterocycles. The minimum atomic E-state index is -0.295. The summed E-state index contributed by atoms with van der Waals surface area (Å²) in [6.45, 7) is 3.45. The van der Waals surface area contributed by atoms with Crippen molar-refractivity contribution in [1.82, 2.24) is 10.2 Å². The van der Waals surface area contributed by atoms with E-state index in [4.69, 9.17) is 0 Å². The summed E-state index contributed by atoms with van der Waals surface area (Å²) < 4.78 is 0. The third-order valence-electron chi connectivity index (χ3n) is 3.45. The van der Waals surface area contributed by atoms with Crippen LogP contribution in [0.1, 0.15) is 6.92 Å². The number of nitrogens with zero attached hydrogens (tertiary/aromatic N) is 2. The van der Waals surface area contributed by atoms with E-state index < -0.39 is 0 Å². The summed E-state index contributed by atoms with van der Waals surface area (Å²) >= 11 is 0. The molecule has 0 aromatic heterocycles. The Morgan fingerprint density at radius 1 is 1.37 bits per heavy atom. The minimum absolute atomic E-state index is 0.000833. The monoisotopic (exact) mass is 261 g/mol. The average molecular weight is 261 g/mol. The van der Waals surface area contributed by atoms with Crippen molar-refractivity contribution >= 4 is 17.5 Å². The van der Waals surface area contributed by atoms with Crippen molar-refractivity contribution in [2.24, 2.45) is 0 Å². The quantitative estimate of drug-likeness (QED) is 0.860. The van der Waals surface area contributed by atoms with Gasteiger partial charge in [-0.2, -0.15) is 0 Å². The highest BCUT2D eigenvalue weighted by Crippen LogP contribution is 2.14. The Labute approximate surface area is 113 Å². The lowest BCUT2D eigenvalue weighted by Gasteiger charge is -2.33. The first-order valence-corrected chi connectivity index (χ1v) is 6.43. The van der Waals surface area contributed by atoms with Gasteiger partial charge in [0.2, 0.25) is 11.8 Å². The van der Waals surface area contributed by atoms with Gasteiger partial charge in [-0.15, -0.1) is 0 Å². The van der Waals surface area contributed by atoms with Crippen LogP contribution in [0.4, 0.5) is 5.69 Å². The van der Waals surface area contributed by atoms with Gasteiger partial charge in [0.25, 0.3) is 0 Å². The van der Waals surface area contributed by atoms with Crippen LogP contribution in [0, 0.1) is 0 Å². The van der Waals surface area contributed by atoms with Gasteiger partial charge in [0, 0.05) is 25.8 Å². The van der Waals surface area contributed by atoms with Crippen LogP contribution >= 0.6 is 0 Å². The topological polar surface area (TPSA) is 52.7 Å². The molecule has 0 saturated carbocycles. The summed E-state index contributed by atoms with van der Waals surface area (Å²) in [5, 5.41) is 2.76. The Balaban J connectivity index is 2.04. The summed E-state index contributed by atoms with van der Waals surface area (Å²) in [5.41, 5.74) is 0.862. The number of likely N-dealkylation sites (N-methyl/N-ethyl adjacent to an activating group) is 1. The molecule has 102 valence electrons. The number of anilines is 1. The Morgan fingerprint density at radius 3 is 2.68 bits per heavy atom. The van der Waals surface area contributed by atoms with Gasteiger partial charge < -0.3 is 10.2 Å². The van der Waals surface area contributed by atoms with E-state index in [9.17, 15) is 9.59 Å². The van der Waals surface area contributed by atoms with Crippen LogP contribution in [-0.2, 0) is 9.59 Å². The summed E-state index contributed by atoms with van der Waals surface area (Å²) in [5.74, 6) is -0.0193. The molecule has 0 bridgehead atoms. The van der Waals surface area contributed by atoms with Crippen LogP contribution in [0.5, 0.6) is 0 Å². The number of carbonyl (C=O) groups excluding carboxylic acids is 2. The molecule has 1 aromatic carbocycles. The number of para-hydroxylation sites is 1. The molecule has 2 rings (SSSR count). The van der Waals surface area contributed by atoms with Crippen molar-refractivity contribution in [2.45, 2.75) is 13.0 Å². The molecule has 5 nitrogen and oxygen atoms in total. The maximum Gasteiger partial charge on any atom is 0.243 e. The third kappa shape index (κ3) is 3.12. The Bertz CT molecular complexity index is 461. The predicted molar refractivity (Wildman–Crippen MR) is 73.9 cm³/mol. The number of rotatable bonds is 3. The molecule has 1 N–H and O–H groups in total. The van der Waals surface area contributed by atoms with Gasteiger partial charge in [-0.1, -0.05) is 18.2 Å². The highest BCUT2D eigenvalue weighted by Gasteiger charge is 2.28. The second-order valence-corrected chi connectivity index (χ2v) is 4.73. The molecular weight excluding hydrogens is 242 g/mol. The largest absolute Gasteiger partial charge is 0.354 e. The first-order chi connectivity index (χ1) is 9.09. The van der Waals surface area contributed by atoms with E-state index in [1.807, 2.05) is 42.2 Å². The lowest BCUT2D eigenvalue weighted by atomic mass is 10.2. The molecule has 1 saturated heterocycles. The van der Waals surface area contributed by atoms with E-state index >= 15 is 0 Å². The molecule has 1 fully saturated rings. The Hall–Kier alpha value is -1.88. The lowest BCUT2D eigenvalue weighted by molar-refractivity contribution is -0.128. The molecule has 2 amide bonds. The van der Waals surface area contributed by atoms with E-state index in [-0.39, 0.29) is 24.4 Å². The number of hydrogen-bond acceptors (Lipinski definition) is 3. The number of amides is 2. The highest BCUT2D eigenvalue weighted by molar-refractivity contribution is 5.96. The zero-order valence-electron chi connectivity index (χ0n) is 11.3. The van der Waals surface area contributed by atoms with Crippen LogP contribution in [0.25, 0.3) is 0 Å². The zero-order valence-corrected chi connectivity index (χ0v) is 11.3. The van der Waals surface area contributed by atoms with Crippen molar-refractivity contribution in [3.63, 3.8) is 0 Å². The van der Waals surface area contributed by atoms with Crippen LogP contribution in [-0.4, -0.2) is 49.4 Å². The van der Waals surface area contributed by atoms with Gasteiger partial charge in [-0.3, -0.25) is 14.5 Å². The van der Waals surface area contributed by atoms with Crippen LogP contribution in [0.2, 0.25) is 0 Å². The van der Waals surface area contributed by atoms with Crippen LogP contribution in [0.15, 0.2) is 30.3 Å². The number of nitrogens with one attached hydrogen (secondary N) is 1. The van der Waals surface area contributed by atoms with E-state index in [1.54, 1.807) is 11.9 Å². The van der Waals surface area contributed by atoms with E-state index in [0.717, 1.165) is 5.69 Å². The second-order valence-electron chi connectivity index (χ2n) is 4.73. The van der Waals surface area contributed by atoms with Gasteiger partial charge >= 0.3 is 0 Å². The highest BCUT2D eigenvalue weighted by atomic mass is 16.2. The van der Waals surface area contributed by atoms with Crippen molar-refractivity contribution in [1.29, 1.82) is 0 Å². The third-order valence-corrected chi connectivity index (χ3v) is 3.45. The number of benzene rings is 1. The van der Waals surface area contributed by atoms with Gasteiger partial charge in [-0.05, 0) is 19.1 Å². The molecule has 0 radical (unpaired) electrons. The minimum Gasteiger partial charge on any atom is -0.354 e. The SMILES string of the molecule is C[C@H](C(=O)N(C)c1ccccc1)N1CCNC(=O)C1. The summed E-state index contributed by atoms with van der Waals surface area (Å²) in [6, 6.07) is 9.22. The normalized spacial score (nSPS) is 17.7. The molecule has 5 heteroatoms. The van der Waals surface area contributed by atoms with Crippen molar-refractivity contribution in [3.8, 4) is 0 Å². The van der Waals surface area contributed by atoms with Crippen molar-refractivity contribution < 1.29 is 9.59 Å². The molecule has 0 aliphatic carbocycles. The first-order valence-electron chi connectivity index (χ1n) is 6.43. The van der Waals surface area contributed by atoms with Crippen LogP contribution < -0.4 is 10.2 Å². The molecule has 19 heavy (non-hydrogen) atoms. The fourth-order valence-electron chi connectivity index (χ4n) is 2.20. The number of hydrogen-bond donors (Lipinski definition) is 1. The molecule has 0 spiro atoms. The maximum absolute atomic E-state index is 12.4. The average Bonchev–Trinajstić information content (AvgIpc) is 2.46. The van der Waals surface area contributed by atoms with E-state index in [2.05, 4.69) is 5.32 Å². The van der Waals surface area contributed by atoms with E-state index in [0.29, 0.717) is 13.1 Å². The van der Waals surface area contributed by atoms with Gasteiger partial charge in [0.15, 0.2) is 0 Å². The maximum atomic E-state index is 12.4. The lowest BCUT2D eigenvalue weighted by Crippen LogP contribution is -2.55. The zero-order chi connectivity index (χ0) is 13.8. The molecular formula is C14H19N3O2. The van der Waals surface area contributed by atoms with Crippen molar-refractivity contribution in [3.05, 3.63) is 30.3 Å². The number of piperazine rings is 1. The van der Waals surface area contributed by atoms with Gasteiger partial charge in [0.1, 0.15) is 0 Å². The Morgan fingerprint density at radius 2 is 2.05 bits per heavy atom. The molecule has 0 unspecified atom stereocenters. The molecule has 1 aliphatic rings. The summed E-state index contributed by atoms with van der Waals surface area (Å²) in [4.78, 5) is 27.3. The smallest absolute Gasteiger partial charge is 0.243 e. The van der Waals surface area contributed by atoms with Gasteiger partial charge in [0.05, 0.1) is 12.6 Å². The Kier molecular flexibility index (Phi) is 4.16. The van der Waals surface area contributed by atoms with Crippen LogP contribution in [0.3, 0.4) is 0 Å². The second kappa shape index (κ2) is 5.84. The predicted octanol–water partition coefficient (Wildman–Crippen LogP) is 0.470. The van der Waals surface area contributed by atoms with Gasteiger partial charge in [-0.25, -0.2) is 0 Å². The fourth-order valence-corrected chi connectivity index (χ4v) is 2.20. The first kappa shape index (κ1) is 13.5.